The van der Waals surface area contributed by atoms with Gasteiger partial charge in [-0.2, -0.15) is 0 Å². The highest BCUT2D eigenvalue weighted by molar-refractivity contribution is 5.69. The maximum Gasteiger partial charge on any atom is 0.305 e. The maximum atomic E-state index is 12.2. The van der Waals surface area contributed by atoms with Crippen LogP contribution in [0.2, 0.25) is 0 Å². The molecule has 0 atom stereocenters. The summed E-state index contributed by atoms with van der Waals surface area (Å²) in [5.41, 5.74) is -0.772. The summed E-state index contributed by atoms with van der Waals surface area (Å²) < 4.78 is 10.9. The Balaban J connectivity index is 3.59. The van der Waals surface area contributed by atoms with Crippen molar-refractivity contribution in [3.63, 3.8) is 0 Å². The van der Waals surface area contributed by atoms with Crippen LogP contribution in [-0.4, -0.2) is 60.3 Å². The fraction of sp³-hybridized carbons (Fsp3) is 0.951. The van der Waals surface area contributed by atoms with Gasteiger partial charge in [0.25, 0.3) is 0 Å². The fourth-order valence-electron chi connectivity index (χ4n) is 6.15. The van der Waals surface area contributed by atoms with Crippen molar-refractivity contribution < 1.29 is 34.4 Å². The molecule has 3 N–H and O–H groups in total. The molecule has 286 valence electrons. The number of carbonyl (C=O) groups excluding carboxylic acids is 2. The standard InChI is InChI=1S/C41H80O7/c1-41(36-44,37-47-39(45)32-28-24-20-16-12-8-4-2-6-10-14-18-22-26-30-34-42)38-48-40(46)33-29-25-21-17-13-9-5-3-7-11-15-19-23-27-31-35-43/h42-44H,2-38H2,1H3. The number of rotatable bonds is 39. The van der Waals surface area contributed by atoms with Gasteiger partial charge in [-0.25, -0.2) is 0 Å². The molecule has 0 heterocycles. The molecule has 0 aromatic heterocycles. The predicted molar refractivity (Wildman–Crippen MR) is 199 cm³/mol. The van der Waals surface area contributed by atoms with E-state index >= 15 is 0 Å². The summed E-state index contributed by atoms with van der Waals surface area (Å²) in [6.45, 7) is 2.36. The normalized spacial score (nSPS) is 11.7. The van der Waals surface area contributed by atoms with E-state index in [1.807, 2.05) is 0 Å². The summed E-state index contributed by atoms with van der Waals surface area (Å²) in [5, 5.41) is 27.5. The van der Waals surface area contributed by atoms with Crippen molar-refractivity contribution in [2.75, 3.05) is 33.0 Å². The number of ether oxygens (including phenoxy) is 2. The van der Waals surface area contributed by atoms with Crippen molar-refractivity contribution in [1.82, 2.24) is 0 Å². The molecule has 0 bridgehead atoms. The fourth-order valence-corrected chi connectivity index (χ4v) is 6.15. The van der Waals surface area contributed by atoms with Crippen molar-refractivity contribution in [2.45, 2.75) is 212 Å². The van der Waals surface area contributed by atoms with E-state index in [1.54, 1.807) is 6.92 Å². The molecular formula is C41H80O7. The molecule has 0 aliphatic heterocycles. The number of unbranched alkanes of at least 4 members (excludes halogenated alkanes) is 28. The van der Waals surface area contributed by atoms with E-state index < -0.39 is 5.41 Å². The molecule has 0 aliphatic carbocycles. The van der Waals surface area contributed by atoms with Crippen LogP contribution in [0.5, 0.6) is 0 Å². The summed E-state index contributed by atoms with van der Waals surface area (Å²) in [6.07, 6.45) is 37.1. The molecule has 48 heavy (non-hydrogen) atoms. The van der Waals surface area contributed by atoms with Crippen LogP contribution in [0.3, 0.4) is 0 Å². The van der Waals surface area contributed by atoms with Crippen molar-refractivity contribution in [3.8, 4) is 0 Å². The minimum absolute atomic E-state index is 0.0603. The number of aliphatic hydroxyl groups is 3. The molecule has 7 heteroatoms. The van der Waals surface area contributed by atoms with E-state index in [0.29, 0.717) is 26.1 Å². The zero-order valence-corrected chi connectivity index (χ0v) is 31.6. The van der Waals surface area contributed by atoms with Crippen LogP contribution in [0, 0.1) is 5.41 Å². The van der Waals surface area contributed by atoms with Gasteiger partial charge in [0.1, 0.15) is 13.2 Å². The number of esters is 2. The minimum atomic E-state index is -0.772. The summed E-state index contributed by atoms with van der Waals surface area (Å²) in [5.74, 6) is -0.480. The lowest BCUT2D eigenvalue weighted by atomic mass is 9.94. The first-order chi connectivity index (χ1) is 23.5. The SMILES string of the molecule is CC(CO)(COC(=O)CCCCCCCCCCCCCCCCCO)COC(=O)CCCCCCCCCCCCCCCCCO. The molecule has 0 aliphatic rings. The first-order valence-corrected chi connectivity index (χ1v) is 20.6. The Morgan fingerprint density at radius 1 is 0.375 bits per heavy atom. The van der Waals surface area contributed by atoms with Crippen LogP contribution in [0.1, 0.15) is 212 Å². The van der Waals surface area contributed by atoms with Gasteiger partial charge in [0, 0.05) is 26.1 Å². The maximum absolute atomic E-state index is 12.2. The van der Waals surface area contributed by atoms with Gasteiger partial charge in [0.2, 0.25) is 0 Å². The van der Waals surface area contributed by atoms with Gasteiger partial charge in [-0.3, -0.25) is 9.59 Å². The van der Waals surface area contributed by atoms with E-state index in [-0.39, 0.29) is 31.8 Å². The molecule has 0 spiro atoms. The van der Waals surface area contributed by atoms with E-state index in [9.17, 15) is 14.7 Å². The Morgan fingerprint density at radius 2 is 0.583 bits per heavy atom. The van der Waals surface area contributed by atoms with Gasteiger partial charge in [-0.05, 0) is 25.7 Å². The Labute approximate surface area is 296 Å². The molecule has 0 fully saturated rings. The van der Waals surface area contributed by atoms with Crippen LogP contribution in [-0.2, 0) is 19.1 Å². The minimum Gasteiger partial charge on any atom is -0.465 e. The summed E-state index contributed by atoms with van der Waals surface area (Å²) >= 11 is 0. The van der Waals surface area contributed by atoms with Gasteiger partial charge in [-0.1, -0.05) is 174 Å². The van der Waals surface area contributed by atoms with Gasteiger partial charge in [-0.15, -0.1) is 0 Å². The third kappa shape index (κ3) is 34.7. The molecule has 7 nitrogen and oxygen atoms in total. The first-order valence-electron chi connectivity index (χ1n) is 20.6. The van der Waals surface area contributed by atoms with Crippen LogP contribution in [0.4, 0.5) is 0 Å². The summed E-state index contributed by atoms with van der Waals surface area (Å²) in [7, 11) is 0. The van der Waals surface area contributed by atoms with Gasteiger partial charge < -0.3 is 24.8 Å². The van der Waals surface area contributed by atoms with E-state index in [4.69, 9.17) is 19.7 Å². The Morgan fingerprint density at radius 3 is 0.792 bits per heavy atom. The zero-order chi connectivity index (χ0) is 35.2. The number of hydrogen-bond acceptors (Lipinski definition) is 7. The average molecular weight is 685 g/mol. The quantitative estimate of drug-likeness (QED) is 0.0436. The highest BCUT2D eigenvalue weighted by Gasteiger charge is 2.27. The molecule has 0 aromatic carbocycles. The number of carbonyl (C=O) groups is 2. The van der Waals surface area contributed by atoms with Crippen molar-refractivity contribution in [1.29, 1.82) is 0 Å². The smallest absolute Gasteiger partial charge is 0.305 e. The Hall–Kier alpha value is -1.18. The number of hydrogen-bond donors (Lipinski definition) is 3. The van der Waals surface area contributed by atoms with Crippen LogP contribution in [0.25, 0.3) is 0 Å². The molecule has 0 rings (SSSR count). The molecule has 0 unspecified atom stereocenters. The van der Waals surface area contributed by atoms with E-state index in [2.05, 4.69) is 0 Å². The highest BCUT2D eigenvalue weighted by atomic mass is 16.5. The Kier molecular flexibility index (Phi) is 36.2. The van der Waals surface area contributed by atoms with Crippen molar-refractivity contribution in [2.24, 2.45) is 5.41 Å². The topological polar surface area (TPSA) is 113 Å². The lowest BCUT2D eigenvalue weighted by Gasteiger charge is -2.26. The molecule has 0 aromatic rings. The van der Waals surface area contributed by atoms with Crippen molar-refractivity contribution in [3.05, 3.63) is 0 Å². The number of aliphatic hydroxyl groups excluding tert-OH is 3. The summed E-state index contributed by atoms with van der Waals surface area (Å²) in [4.78, 5) is 24.5. The van der Waals surface area contributed by atoms with Crippen LogP contribution >= 0.6 is 0 Å². The first kappa shape index (κ1) is 46.8. The summed E-state index contributed by atoms with van der Waals surface area (Å²) in [6, 6.07) is 0. The monoisotopic (exact) mass is 685 g/mol. The highest BCUT2D eigenvalue weighted by Crippen LogP contribution is 2.19. The van der Waals surface area contributed by atoms with Crippen LogP contribution < -0.4 is 0 Å². The second kappa shape index (κ2) is 37.1. The molecular weight excluding hydrogens is 604 g/mol. The zero-order valence-electron chi connectivity index (χ0n) is 31.6. The average Bonchev–Trinajstić information content (AvgIpc) is 3.09. The second-order valence-electron chi connectivity index (χ2n) is 14.8. The molecule has 0 saturated carbocycles. The van der Waals surface area contributed by atoms with Crippen LogP contribution in [0.15, 0.2) is 0 Å². The van der Waals surface area contributed by atoms with Gasteiger partial charge in [0.15, 0.2) is 0 Å². The third-order valence-electron chi connectivity index (χ3n) is 9.62. The largest absolute Gasteiger partial charge is 0.465 e. The second-order valence-corrected chi connectivity index (χ2v) is 14.8. The van der Waals surface area contributed by atoms with Gasteiger partial charge >= 0.3 is 11.9 Å². The molecule has 0 amide bonds. The Bertz CT molecular complexity index is 632. The van der Waals surface area contributed by atoms with E-state index in [0.717, 1.165) is 64.2 Å². The third-order valence-corrected chi connectivity index (χ3v) is 9.62. The lowest BCUT2D eigenvalue weighted by Crippen LogP contribution is -2.35. The van der Waals surface area contributed by atoms with Gasteiger partial charge in [0.05, 0.1) is 12.0 Å². The molecule has 0 radical (unpaired) electrons. The predicted octanol–water partition coefficient (Wildman–Crippen LogP) is 10.5. The lowest BCUT2D eigenvalue weighted by molar-refractivity contribution is -0.155. The van der Waals surface area contributed by atoms with Crippen molar-refractivity contribution >= 4 is 11.9 Å². The molecule has 0 saturated heterocycles. The van der Waals surface area contributed by atoms with E-state index in [1.165, 1.54) is 128 Å².